The lowest BCUT2D eigenvalue weighted by Gasteiger charge is -2.35. The first kappa shape index (κ1) is 36.0. The second kappa shape index (κ2) is 14.7. The van der Waals surface area contributed by atoms with E-state index in [2.05, 4.69) is 38.7 Å². The van der Waals surface area contributed by atoms with E-state index in [1.807, 2.05) is 43.6 Å². The second-order valence-corrected chi connectivity index (χ2v) is 18.8. The minimum Gasteiger partial charge on any atom is -0.494 e. The molecule has 10 nitrogen and oxygen atoms in total. The molecule has 260 valence electrons. The van der Waals surface area contributed by atoms with Crippen LogP contribution in [0.5, 0.6) is 11.5 Å². The number of fused-ring (bicyclic) bond motifs is 1. The molecule has 0 unspecified atom stereocenters. The van der Waals surface area contributed by atoms with E-state index in [1.54, 1.807) is 24.2 Å². The first-order valence-electron chi connectivity index (χ1n) is 17.0. The number of nitrogens with zero attached hydrogens (tertiary/aromatic N) is 4. The van der Waals surface area contributed by atoms with Crippen LogP contribution in [0.3, 0.4) is 0 Å². The Hall–Kier alpha value is -4.24. The maximum absolute atomic E-state index is 13.4. The topological polar surface area (TPSA) is 131 Å². The number of nitriles is 1. The zero-order valence-corrected chi connectivity index (χ0v) is 30.9. The van der Waals surface area contributed by atoms with E-state index in [0.29, 0.717) is 64.9 Å². The number of hydrogen-bond acceptors (Lipinski definition) is 9. The van der Waals surface area contributed by atoms with Crippen LogP contribution < -0.4 is 9.47 Å². The Morgan fingerprint density at radius 3 is 2.53 bits per heavy atom. The Morgan fingerprint density at radius 2 is 1.88 bits per heavy atom. The smallest absolute Gasteiger partial charge is 0.255 e. The summed E-state index contributed by atoms with van der Waals surface area (Å²) in [5.41, 5.74) is 5.17. The third-order valence-corrected chi connectivity index (χ3v) is 13.5. The van der Waals surface area contributed by atoms with Crippen molar-refractivity contribution in [2.45, 2.75) is 83.5 Å². The summed E-state index contributed by atoms with van der Waals surface area (Å²) in [6.07, 6.45) is 6.60. The van der Waals surface area contributed by atoms with Crippen LogP contribution in [0.15, 0.2) is 47.1 Å². The van der Waals surface area contributed by atoms with Gasteiger partial charge in [-0.05, 0) is 66.2 Å². The van der Waals surface area contributed by atoms with Crippen molar-refractivity contribution in [1.29, 1.82) is 5.26 Å². The maximum Gasteiger partial charge on any atom is 0.255 e. The number of rotatable bonds is 12. The van der Waals surface area contributed by atoms with E-state index < -0.39 is 8.32 Å². The number of furan rings is 1. The highest BCUT2D eigenvalue weighted by molar-refractivity contribution is 6.72. The van der Waals surface area contributed by atoms with Crippen LogP contribution >= 0.6 is 0 Å². The lowest BCUT2D eigenvalue weighted by Crippen LogP contribution is -2.39. The van der Waals surface area contributed by atoms with E-state index >= 15 is 0 Å². The van der Waals surface area contributed by atoms with Crippen LogP contribution in [0.25, 0.3) is 33.7 Å². The Labute approximate surface area is 290 Å². The number of carbonyl (C=O) groups excluding carboxylic acids is 1. The third kappa shape index (κ3) is 7.82. The predicted molar refractivity (Wildman–Crippen MR) is 192 cm³/mol. The van der Waals surface area contributed by atoms with Gasteiger partial charge in [0.05, 0.1) is 31.5 Å². The van der Waals surface area contributed by atoms with Gasteiger partial charge in [-0.2, -0.15) is 5.26 Å². The largest absolute Gasteiger partial charge is 0.494 e. The number of pyridine rings is 2. The summed E-state index contributed by atoms with van der Waals surface area (Å²) < 4.78 is 23.9. The number of aromatic nitrogens is 2. The van der Waals surface area contributed by atoms with Crippen molar-refractivity contribution in [1.82, 2.24) is 14.9 Å². The molecule has 0 spiro atoms. The highest BCUT2D eigenvalue weighted by Gasteiger charge is 2.37. The molecule has 0 bridgehead atoms. The molecule has 1 aliphatic heterocycles. The molecule has 0 radical (unpaired) electrons. The Bertz CT molecular complexity index is 1850. The van der Waals surface area contributed by atoms with Crippen molar-refractivity contribution >= 4 is 25.3 Å². The fourth-order valence-corrected chi connectivity index (χ4v) is 6.77. The summed E-state index contributed by atoms with van der Waals surface area (Å²) >= 11 is 0. The van der Waals surface area contributed by atoms with Crippen molar-refractivity contribution in [3.05, 3.63) is 59.4 Å². The highest BCUT2D eigenvalue weighted by atomic mass is 28.4. The SMILES string of the molecule is COc1cc(C(=O)N(C)CCCC(C)(C)[Si](C)(C)O)cnc1-c1cc2ncc(C(C)C)c(-c3ccc(OC4CCOCC4)c(C#N)c3)c2o1. The average molecular weight is 685 g/mol. The van der Waals surface area contributed by atoms with Crippen LogP contribution in [0, 0.1) is 11.3 Å². The van der Waals surface area contributed by atoms with Crippen LogP contribution in [0.2, 0.25) is 18.1 Å². The maximum atomic E-state index is 13.4. The summed E-state index contributed by atoms with van der Waals surface area (Å²) in [7, 11) is 0.992. The van der Waals surface area contributed by atoms with Gasteiger partial charge in [-0.1, -0.05) is 33.8 Å². The van der Waals surface area contributed by atoms with Crippen LogP contribution in [0.1, 0.15) is 80.8 Å². The fourth-order valence-electron chi connectivity index (χ4n) is 5.98. The Kier molecular flexibility index (Phi) is 10.8. The van der Waals surface area contributed by atoms with Crippen LogP contribution in [-0.2, 0) is 4.74 Å². The Balaban J connectivity index is 1.44. The number of carbonyl (C=O) groups is 1. The van der Waals surface area contributed by atoms with Crippen LogP contribution in [-0.4, -0.2) is 73.9 Å². The van der Waals surface area contributed by atoms with Gasteiger partial charge in [0.25, 0.3) is 5.91 Å². The molecule has 1 aromatic carbocycles. The van der Waals surface area contributed by atoms with Gasteiger partial charge in [-0.25, -0.2) is 4.98 Å². The summed E-state index contributed by atoms with van der Waals surface area (Å²) in [5, 5.41) is 9.92. The monoisotopic (exact) mass is 684 g/mol. The number of benzene rings is 1. The van der Waals surface area contributed by atoms with Gasteiger partial charge in [0, 0.05) is 50.5 Å². The molecule has 5 rings (SSSR count). The molecular weight excluding hydrogens is 637 g/mol. The van der Waals surface area contributed by atoms with Gasteiger partial charge in [-0.15, -0.1) is 0 Å². The highest BCUT2D eigenvalue weighted by Crippen LogP contribution is 2.42. The second-order valence-electron chi connectivity index (χ2n) is 14.4. The molecule has 0 aliphatic carbocycles. The molecule has 4 heterocycles. The quantitative estimate of drug-likeness (QED) is 0.148. The first-order chi connectivity index (χ1) is 23.2. The predicted octanol–water partition coefficient (Wildman–Crippen LogP) is 7.95. The summed E-state index contributed by atoms with van der Waals surface area (Å²) in [5.74, 6) is 1.38. The first-order valence-corrected chi connectivity index (χ1v) is 19.9. The van der Waals surface area contributed by atoms with Crippen molar-refractivity contribution in [2.75, 3.05) is 33.9 Å². The molecule has 0 saturated carbocycles. The molecule has 3 aromatic heterocycles. The van der Waals surface area contributed by atoms with E-state index in [-0.39, 0.29) is 23.0 Å². The van der Waals surface area contributed by atoms with Crippen LogP contribution in [0.4, 0.5) is 0 Å². The van der Waals surface area contributed by atoms with Gasteiger partial charge in [0.15, 0.2) is 19.7 Å². The zero-order chi connectivity index (χ0) is 35.5. The van der Waals surface area contributed by atoms with Gasteiger partial charge in [0.2, 0.25) is 0 Å². The molecule has 1 fully saturated rings. The van der Waals surface area contributed by atoms with Gasteiger partial charge >= 0.3 is 0 Å². The van der Waals surface area contributed by atoms with E-state index in [1.165, 1.54) is 7.11 Å². The molecule has 1 N–H and O–H groups in total. The minimum atomic E-state index is -2.32. The number of methoxy groups -OCH3 is 1. The van der Waals surface area contributed by atoms with E-state index in [4.69, 9.17) is 23.6 Å². The molecule has 1 amide bonds. The number of ether oxygens (including phenoxy) is 3. The summed E-state index contributed by atoms with van der Waals surface area (Å²) in [6, 6.07) is 11.5. The van der Waals surface area contributed by atoms with Crippen molar-refractivity contribution in [3.8, 4) is 40.1 Å². The van der Waals surface area contributed by atoms with E-state index in [0.717, 1.165) is 42.4 Å². The van der Waals surface area contributed by atoms with Crippen molar-refractivity contribution in [2.24, 2.45) is 0 Å². The molecule has 1 aliphatic rings. The number of amides is 1. The molecule has 49 heavy (non-hydrogen) atoms. The summed E-state index contributed by atoms with van der Waals surface area (Å²) in [4.78, 5) is 35.0. The molecular formula is C38H48N4O6Si. The number of hydrogen-bond donors (Lipinski definition) is 1. The fraction of sp³-hybridized carbons (Fsp3) is 0.474. The third-order valence-electron chi connectivity index (χ3n) is 9.89. The molecule has 11 heteroatoms. The van der Waals surface area contributed by atoms with Gasteiger partial charge < -0.3 is 28.3 Å². The normalized spacial score (nSPS) is 14.2. The standard InChI is InChI=1S/C38H48N4O6Si/c1-24(2)29-23-40-30-20-33(48-36(30)34(29)25-10-11-31(26(18-25)21-39)47-28-12-16-46-17-13-28)35-32(45-6)19-27(22-41-35)37(43)42(5)15-9-14-38(3,4)49(7,8)44/h10-11,18-20,22-24,28,44H,9,12-17H2,1-8H3. The lowest BCUT2D eigenvalue weighted by atomic mass is 9.92. The van der Waals surface area contributed by atoms with Crippen molar-refractivity contribution < 1.29 is 28.2 Å². The zero-order valence-electron chi connectivity index (χ0n) is 29.9. The minimum absolute atomic E-state index is 0.0148. The van der Waals surface area contributed by atoms with Gasteiger partial charge in [0.1, 0.15) is 34.9 Å². The van der Waals surface area contributed by atoms with Gasteiger partial charge in [-0.3, -0.25) is 9.78 Å². The lowest BCUT2D eigenvalue weighted by molar-refractivity contribution is 0.0254. The summed E-state index contributed by atoms with van der Waals surface area (Å²) in [6.45, 7) is 14.1. The molecule has 4 aromatic rings. The van der Waals surface area contributed by atoms with Crippen molar-refractivity contribution in [3.63, 3.8) is 0 Å². The van der Waals surface area contributed by atoms with E-state index in [9.17, 15) is 14.9 Å². The Morgan fingerprint density at radius 1 is 1.14 bits per heavy atom. The average Bonchev–Trinajstić information content (AvgIpc) is 3.51. The molecule has 1 saturated heterocycles. The molecule has 0 atom stereocenters.